The van der Waals surface area contributed by atoms with Crippen LogP contribution in [-0.2, 0) is 0 Å². The lowest BCUT2D eigenvalue weighted by Crippen LogP contribution is -2.30. The van der Waals surface area contributed by atoms with Crippen LogP contribution in [0.5, 0.6) is 5.75 Å². The van der Waals surface area contributed by atoms with Crippen LogP contribution in [0.25, 0.3) is 11.3 Å². The molecule has 0 unspecified atom stereocenters. The molecule has 2 aromatic carbocycles. The van der Waals surface area contributed by atoms with Crippen molar-refractivity contribution in [3.05, 3.63) is 82.1 Å². The van der Waals surface area contributed by atoms with Crippen molar-refractivity contribution in [2.24, 2.45) is 0 Å². The van der Waals surface area contributed by atoms with E-state index in [-0.39, 0.29) is 17.4 Å². The molecule has 0 spiro atoms. The predicted molar refractivity (Wildman–Crippen MR) is 104 cm³/mol. The van der Waals surface area contributed by atoms with Gasteiger partial charge in [-0.3, -0.25) is 14.9 Å². The molecule has 28 heavy (non-hydrogen) atoms. The average molecular weight is 380 g/mol. The van der Waals surface area contributed by atoms with Gasteiger partial charge in [-0.25, -0.2) is 0 Å². The van der Waals surface area contributed by atoms with E-state index in [0.717, 1.165) is 11.3 Å². The summed E-state index contributed by atoms with van der Waals surface area (Å²) in [7, 11) is 1.68. The second-order valence-electron chi connectivity index (χ2n) is 6.31. The van der Waals surface area contributed by atoms with E-state index in [0.29, 0.717) is 24.5 Å². The number of hydrogen-bond acceptors (Lipinski definition) is 5. The Morgan fingerprint density at radius 1 is 1.11 bits per heavy atom. The first-order valence-corrected chi connectivity index (χ1v) is 8.74. The van der Waals surface area contributed by atoms with E-state index in [4.69, 9.17) is 9.15 Å². The van der Waals surface area contributed by atoms with Gasteiger partial charge in [0.25, 0.3) is 11.6 Å². The van der Waals surface area contributed by atoms with Crippen molar-refractivity contribution in [2.45, 2.75) is 6.92 Å². The van der Waals surface area contributed by atoms with Crippen LogP contribution in [0.2, 0.25) is 0 Å². The summed E-state index contributed by atoms with van der Waals surface area (Å²) in [6.45, 7) is 2.73. The van der Waals surface area contributed by atoms with Gasteiger partial charge in [0.2, 0.25) is 0 Å². The fraction of sp³-hybridized carbons (Fsp3) is 0.190. The fourth-order valence-electron chi connectivity index (χ4n) is 2.66. The number of rotatable bonds is 7. The van der Waals surface area contributed by atoms with Gasteiger partial charge in [0.15, 0.2) is 5.76 Å². The van der Waals surface area contributed by atoms with E-state index in [9.17, 15) is 14.9 Å². The van der Waals surface area contributed by atoms with Crippen LogP contribution in [0.3, 0.4) is 0 Å². The number of amides is 1. The van der Waals surface area contributed by atoms with Crippen molar-refractivity contribution < 1.29 is 18.9 Å². The highest BCUT2D eigenvalue weighted by Gasteiger charge is 2.17. The number of nitro groups is 1. The van der Waals surface area contributed by atoms with Crippen molar-refractivity contribution in [1.29, 1.82) is 0 Å². The lowest BCUT2D eigenvalue weighted by Gasteiger charge is -2.16. The van der Waals surface area contributed by atoms with Crippen LogP contribution in [0, 0.1) is 17.0 Å². The van der Waals surface area contributed by atoms with Crippen LogP contribution in [-0.4, -0.2) is 35.9 Å². The topological polar surface area (TPSA) is 85.8 Å². The van der Waals surface area contributed by atoms with Gasteiger partial charge in [0.1, 0.15) is 18.1 Å². The van der Waals surface area contributed by atoms with Crippen LogP contribution < -0.4 is 4.74 Å². The Kier molecular flexibility index (Phi) is 5.74. The molecule has 1 aromatic heterocycles. The molecule has 0 radical (unpaired) electrons. The van der Waals surface area contributed by atoms with Crippen molar-refractivity contribution in [3.63, 3.8) is 0 Å². The molecule has 0 aliphatic carbocycles. The van der Waals surface area contributed by atoms with Crippen LogP contribution in [0.4, 0.5) is 5.69 Å². The number of carbonyl (C=O) groups excluding carboxylic acids is 1. The zero-order valence-corrected chi connectivity index (χ0v) is 15.6. The molecule has 0 saturated carbocycles. The van der Waals surface area contributed by atoms with Gasteiger partial charge < -0.3 is 14.1 Å². The van der Waals surface area contributed by atoms with Gasteiger partial charge in [0, 0.05) is 24.7 Å². The van der Waals surface area contributed by atoms with Gasteiger partial charge in [-0.05, 0) is 42.8 Å². The lowest BCUT2D eigenvalue weighted by atomic mass is 10.1. The number of para-hydroxylation sites is 1. The average Bonchev–Trinajstić information content (AvgIpc) is 3.19. The smallest absolute Gasteiger partial charge is 0.289 e. The monoisotopic (exact) mass is 380 g/mol. The minimum atomic E-state index is -0.463. The second kappa shape index (κ2) is 8.39. The highest BCUT2D eigenvalue weighted by molar-refractivity contribution is 5.92. The molecule has 3 aromatic rings. The Balaban J connectivity index is 1.60. The Morgan fingerprint density at radius 3 is 2.50 bits per heavy atom. The van der Waals surface area contributed by atoms with Crippen LogP contribution >= 0.6 is 0 Å². The minimum Gasteiger partial charge on any atom is -0.491 e. The summed E-state index contributed by atoms with van der Waals surface area (Å²) in [5.41, 5.74) is 1.70. The highest BCUT2D eigenvalue weighted by Crippen LogP contribution is 2.25. The van der Waals surface area contributed by atoms with Crippen molar-refractivity contribution in [3.8, 4) is 17.1 Å². The summed E-state index contributed by atoms with van der Waals surface area (Å²) in [5.74, 6) is 1.21. The zero-order valence-electron chi connectivity index (χ0n) is 15.6. The third-order valence-electron chi connectivity index (χ3n) is 4.30. The number of hydrogen-bond donors (Lipinski definition) is 0. The molecule has 0 N–H and O–H groups in total. The highest BCUT2D eigenvalue weighted by atomic mass is 16.6. The summed E-state index contributed by atoms with van der Waals surface area (Å²) in [5, 5.41) is 10.7. The van der Waals surface area contributed by atoms with Crippen LogP contribution in [0.15, 0.2) is 65.1 Å². The molecule has 144 valence electrons. The van der Waals surface area contributed by atoms with E-state index in [1.54, 1.807) is 31.3 Å². The Bertz CT molecular complexity index is 978. The third kappa shape index (κ3) is 4.37. The van der Waals surface area contributed by atoms with Crippen molar-refractivity contribution in [2.75, 3.05) is 20.2 Å². The number of non-ortho nitro benzene ring substituents is 1. The summed E-state index contributed by atoms with van der Waals surface area (Å²) in [4.78, 5) is 24.3. The molecular weight excluding hydrogens is 360 g/mol. The Morgan fingerprint density at radius 2 is 1.82 bits per heavy atom. The van der Waals surface area contributed by atoms with E-state index in [1.165, 1.54) is 17.0 Å². The molecule has 3 rings (SSSR count). The molecule has 0 fully saturated rings. The van der Waals surface area contributed by atoms with Crippen molar-refractivity contribution in [1.82, 2.24) is 4.90 Å². The number of nitrogens with zero attached hydrogens (tertiary/aromatic N) is 2. The van der Waals surface area contributed by atoms with Gasteiger partial charge in [0.05, 0.1) is 11.5 Å². The van der Waals surface area contributed by atoms with E-state index >= 15 is 0 Å². The SMILES string of the molecule is Cc1ccccc1OCCN(C)C(=O)c1ccc(-c2ccc([N+](=O)[O-])cc2)o1. The number of ether oxygens (including phenoxy) is 1. The van der Waals surface area contributed by atoms with E-state index in [1.807, 2.05) is 31.2 Å². The molecular formula is C21H20N2O5. The Labute approximate surface area is 162 Å². The number of likely N-dealkylation sites (N-methyl/N-ethyl adjacent to an activating group) is 1. The zero-order chi connectivity index (χ0) is 20.1. The third-order valence-corrected chi connectivity index (χ3v) is 4.30. The first-order chi connectivity index (χ1) is 13.5. The maximum atomic E-state index is 12.5. The van der Waals surface area contributed by atoms with E-state index < -0.39 is 4.92 Å². The maximum Gasteiger partial charge on any atom is 0.289 e. The molecule has 0 aliphatic heterocycles. The molecule has 7 heteroatoms. The molecule has 7 nitrogen and oxygen atoms in total. The summed E-state index contributed by atoms with van der Waals surface area (Å²) >= 11 is 0. The molecule has 0 aliphatic rings. The number of aryl methyl sites for hydroxylation is 1. The molecule has 0 bridgehead atoms. The van der Waals surface area contributed by atoms with Gasteiger partial charge >= 0.3 is 0 Å². The lowest BCUT2D eigenvalue weighted by molar-refractivity contribution is -0.384. The number of furan rings is 1. The summed E-state index contributed by atoms with van der Waals surface area (Å²) < 4.78 is 11.4. The van der Waals surface area contributed by atoms with Crippen molar-refractivity contribution >= 4 is 11.6 Å². The molecule has 1 heterocycles. The number of nitro benzene ring substituents is 1. The van der Waals surface area contributed by atoms with Gasteiger partial charge in [-0.1, -0.05) is 18.2 Å². The largest absolute Gasteiger partial charge is 0.491 e. The number of carbonyl (C=O) groups is 1. The number of benzene rings is 2. The van der Waals surface area contributed by atoms with Crippen LogP contribution in [0.1, 0.15) is 16.1 Å². The second-order valence-corrected chi connectivity index (χ2v) is 6.31. The summed E-state index contributed by atoms with van der Waals surface area (Å²) in [6, 6.07) is 16.9. The first-order valence-electron chi connectivity index (χ1n) is 8.74. The standard InChI is InChI=1S/C21H20N2O5/c1-15-5-3-4-6-18(15)27-14-13-22(2)21(24)20-12-11-19(28-20)16-7-9-17(10-8-16)23(25)26/h3-12H,13-14H2,1-2H3. The molecule has 0 atom stereocenters. The van der Waals surface area contributed by atoms with Gasteiger partial charge in [-0.2, -0.15) is 0 Å². The first kappa shape index (κ1) is 19.2. The Hall–Kier alpha value is -3.61. The molecule has 1 amide bonds. The minimum absolute atomic E-state index is 0.00000729. The van der Waals surface area contributed by atoms with E-state index in [2.05, 4.69) is 0 Å². The quantitative estimate of drug-likeness (QED) is 0.450. The maximum absolute atomic E-state index is 12.5. The summed E-state index contributed by atoms with van der Waals surface area (Å²) in [6.07, 6.45) is 0. The predicted octanol–water partition coefficient (Wildman–Crippen LogP) is 4.31. The normalized spacial score (nSPS) is 10.5. The fourth-order valence-corrected chi connectivity index (χ4v) is 2.66. The molecule has 0 saturated heterocycles. The van der Waals surface area contributed by atoms with Gasteiger partial charge in [-0.15, -0.1) is 0 Å².